The normalized spacial score (nSPS) is 20.8. The zero-order chi connectivity index (χ0) is 14.9. The highest BCUT2D eigenvalue weighted by atomic mass is 15.2. The van der Waals surface area contributed by atoms with Gasteiger partial charge in [0.05, 0.1) is 0 Å². The predicted molar refractivity (Wildman–Crippen MR) is 91.7 cm³/mol. The van der Waals surface area contributed by atoms with Crippen molar-refractivity contribution >= 4 is 0 Å². The molecule has 118 valence electrons. The monoisotopic (exact) mass is 288 g/mol. The van der Waals surface area contributed by atoms with Crippen LogP contribution in [-0.2, 0) is 6.42 Å². The lowest BCUT2D eigenvalue weighted by Crippen LogP contribution is -2.38. The molecule has 1 aromatic carbocycles. The first-order valence-corrected chi connectivity index (χ1v) is 8.80. The molecule has 0 bridgehead atoms. The van der Waals surface area contributed by atoms with E-state index in [1.165, 1.54) is 63.7 Å². The molecule has 2 rings (SSSR count). The number of benzene rings is 1. The summed E-state index contributed by atoms with van der Waals surface area (Å²) in [5.74, 6) is 0. The fourth-order valence-corrected chi connectivity index (χ4v) is 3.29. The van der Waals surface area contributed by atoms with Gasteiger partial charge in [-0.3, -0.25) is 0 Å². The zero-order valence-corrected chi connectivity index (χ0v) is 13.9. The standard InChI is InChI=1S/C19H32N2/c1-3-4-6-9-17(2)20-19-13-15-21(16-19)14-12-18-10-7-5-8-11-18/h5,7-8,10-11,17,19-20H,3-4,6,9,12-16H2,1-2H3. The molecule has 0 aliphatic carbocycles. The number of hydrogen-bond donors (Lipinski definition) is 1. The number of nitrogens with zero attached hydrogens (tertiary/aromatic N) is 1. The van der Waals surface area contributed by atoms with Crippen LogP contribution in [0.15, 0.2) is 30.3 Å². The van der Waals surface area contributed by atoms with Gasteiger partial charge in [-0.05, 0) is 38.3 Å². The number of likely N-dealkylation sites (tertiary alicyclic amines) is 1. The number of unbranched alkanes of at least 4 members (excludes halogenated alkanes) is 2. The van der Waals surface area contributed by atoms with E-state index in [-0.39, 0.29) is 0 Å². The lowest BCUT2D eigenvalue weighted by molar-refractivity contribution is 0.324. The summed E-state index contributed by atoms with van der Waals surface area (Å²) < 4.78 is 0. The Labute approximate surface area is 130 Å². The van der Waals surface area contributed by atoms with Crippen molar-refractivity contribution in [2.45, 2.75) is 64.5 Å². The van der Waals surface area contributed by atoms with E-state index < -0.39 is 0 Å². The molecule has 2 heteroatoms. The molecule has 1 saturated heterocycles. The molecule has 1 heterocycles. The molecule has 1 N–H and O–H groups in total. The summed E-state index contributed by atoms with van der Waals surface area (Å²) in [5, 5.41) is 3.82. The first-order valence-electron chi connectivity index (χ1n) is 8.80. The van der Waals surface area contributed by atoms with Gasteiger partial charge in [0, 0.05) is 25.2 Å². The van der Waals surface area contributed by atoms with Gasteiger partial charge in [-0.15, -0.1) is 0 Å². The second-order valence-corrected chi connectivity index (χ2v) is 6.59. The number of nitrogens with one attached hydrogen (secondary N) is 1. The molecule has 1 fully saturated rings. The molecule has 1 aromatic rings. The average molecular weight is 288 g/mol. The van der Waals surface area contributed by atoms with Gasteiger partial charge >= 0.3 is 0 Å². The summed E-state index contributed by atoms with van der Waals surface area (Å²) in [7, 11) is 0. The van der Waals surface area contributed by atoms with Crippen LogP contribution < -0.4 is 5.32 Å². The van der Waals surface area contributed by atoms with Crippen molar-refractivity contribution < 1.29 is 0 Å². The van der Waals surface area contributed by atoms with Crippen molar-refractivity contribution in [2.24, 2.45) is 0 Å². The van der Waals surface area contributed by atoms with E-state index in [1.54, 1.807) is 0 Å². The summed E-state index contributed by atoms with van der Waals surface area (Å²) >= 11 is 0. The van der Waals surface area contributed by atoms with Crippen molar-refractivity contribution in [1.82, 2.24) is 10.2 Å². The molecule has 0 spiro atoms. The van der Waals surface area contributed by atoms with Crippen LogP contribution in [-0.4, -0.2) is 36.6 Å². The Morgan fingerprint density at radius 2 is 2.05 bits per heavy atom. The van der Waals surface area contributed by atoms with Gasteiger partial charge < -0.3 is 10.2 Å². The van der Waals surface area contributed by atoms with Gasteiger partial charge in [-0.2, -0.15) is 0 Å². The van der Waals surface area contributed by atoms with Gasteiger partial charge in [0.25, 0.3) is 0 Å². The van der Waals surface area contributed by atoms with Crippen LogP contribution in [0.5, 0.6) is 0 Å². The molecular weight excluding hydrogens is 256 g/mol. The van der Waals surface area contributed by atoms with Gasteiger partial charge in [-0.1, -0.05) is 56.5 Å². The summed E-state index contributed by atoms with van der Waals surface area (Å²) in [6, 6.07) is 12.2. The molecule has 0 radical (unpaired) electrons. The van der Waals surface area contributed by atoms with Crippen LogP contribution in [0.4, 0.5) is 0 Å². The Hall–Kier alpha value is -0.860. The van der Waals surface area contributed by atoms with Crippen LogP contribution in [0.3, 0.4) is 0 Å². The molecule has 0 saturated carbocycles. The van der Waals surface area contributed by atoms with Crippen LogP contribution in [0.2, 0.25) is 0 Å². The van der Waals surface area contributed by atoms with E-state index in [0.717, 1.165) is 0 Å². The quantitative estimate of drug-likeness (QED) is 0.694. The third-order valence-corrected chi connectivity index (χ3v) is 4.59. The minimum absolute atomic E-state index is 0.677. The van der Waals surface area contributed by atoms with E-state index in [0.29, 0.717) is 12.1 Å². The highest BCUT2D eigenvalue weighted by Gasteiger charge is 2.22. The summed E-state index contributed by atoms with van der Waals surface area (Å²) in [4.78, 5) is 2.61. The van der Waals surface area contributed by atoms with Gasteiger partial charge in [0.1, 0.15) is 0 Å². The largest absolute Gasteiger partial charge is 0.310 e. The zero-order valence-electron chi connectivity index (χ0n) is 13.9. The lowest BCUT2D eigenvalue weighted by atomic mass is 10.1. The topological polar surface area (TPSA) is 15.3 Å². The summed E-state index contributed by atoms with van der Waals surface area (Å²) in [5.41, 5.74) is 1.46. The van der Waals surface area contributed by atoms with E-state index in [1.807, 2.05) is 0 Å². The maximum atomic E-state index is 3.82. The Kier molecular flexibility index (Phi) is 7.25. The first-order chi connectivity index (χ1) is 10.3. The number of hydrogen-bond acceptors (Lipinski definition) is 2. The molecular formula is C19H32N2. The minimum Gasteiger partial charge on any atom is -0.310 e. The Balaban J connectivity index is 1.62. The van der Waals surface area contributed by atoms with Crippen LogP contribution >= 0.6 is 0 Å². The lowest BCUT2D eigenvalue weighted by Gasteiger charge is -2.20. The van der Waals surface area contributed by atoms with E-state index >= 15 is 0 Å². The van der Waals surface area contributed by atoms with Crippen molar-refractivity contribution in [3.8, 4) is 0 Å². The molecule has 2 nitrogen and oxygen atoms in total. The smallest absolute Gasteiger partial charge is 0.0209 e. The second-order valence-electron chi connectivity index (χ2n) is 6.59. The van der Waals surface area contributed by atoms with Crippen molar-refractivity contribution in [3.05, 3.63) is 35.9 Å². The van der Waals surface area contributed by atoms with E-state index in [2.05, 4.69) is 54.4 Å². The van der Waals surface area contributed by atoms with Gasteiger partial charge in [0.2, 0.25) is 0 Å². The third-order valence-electron chi connectivity index (χ3n) is 4.59. The molecule has 2 unspecified atom stereocenters. The van der Waals surface area contributed by atoms with Gasteiger partial charge in [-0.25, -0.2) is 0 Å². The van der Waals surface area contributed by atoms with Crippen LogP contribution in [0.25, 0.3) is 0 Å². The van der Waals surface area contributed by atoms with Crippen molar-refractivity contribution in [2.75, 3.05) is 19.6 Å². The fourth-order valence-electron chi connectivity index (χ4n) is 3.29. The number of rotatable bonds is 9. The average Bonchev–Trinajstić information content (AvgIpc) is 2.94. The molecule has 0 aromatic heterocycles. The maximum Gasteiger partial charge on any atom is 0.0209 e. The van der Waals surface area contributed by atoms with E-state index in [4.69, 9.17) is 0 Å². The highest BCUT2D eigenvalue weighted by molar-refractivity contribution is 5.14. The van der Waals surface area contributed by atoms with Gasteiger partial charge in [0.15, 0.2) is 0 Å². The Morgan fingerprint density at radius 1 is 1.24 bits per heavy atom. The third kappa shape index (κ3) is 6.19. The predicted octanol–water partition coefficient (Wildman–Crippen LogP) is 3.86. The molecule has 1 aliphatic heterocycles. The summed E-state index contributed by atoms with van der Waals surface area (Å²) in [6.45, 7) is 8.31. The van der Waals surface area contributed by atoms with Crippen molar-refractivity contribution in [3.63, 3.8) is 0 Å². The van der Waals surface area contributed by atoms with E-state index in [9.17, 15) is 0 Å². The SMILES string of the molecule is CCCCCC(C)NC1CCN(CCc2ccccc2)C1. The molecule has 1 aliphatic rings. The second kappa shape index (κ2) is 9.22. The Bertz CT molecular complexity index is 376. The minimum atomic E-state index is 0.677. The molecule has 2 atom stereocenters. The van der Waals surface area contributed by atoms with Crippen molar-refractivity contribution in [1.29, 1.82) is 0 Å². The van der Waals surface area contributed by atoms with Crippen LogP contribution in [0.1, 0.15) is 51.5 Å². The van der Waals surface area contributed by atoms with Crippen LogP contribution in [0, 0.1) is 0 Å². The fraction of sp³-hybridized carbons (Fsp3) is 0.684. The highest BCUT2D eigenvalue weighted by Crippen LogP contribution is 2.13. The first kappa shape index (κ1) is 16.5. The molecule has 0 amide bonds. The summed E-state index contributed by atoms with van der Waals surface area (Å²) in [6.07, 6.45) is 7.89. The maximum absolute atomic E-state index is 3.82. The molecule has 21 heavy (non-hydrogen) atoms. The Morgan fingerprint density at radius 3 is 2.81 bits per heavy atom.